The molecule has 0 N–H and O–H groups in total. The fourth-order valence-corrected chi connectivity index (χ4v) is 3.41. The first-order chi connectivity index (χ1) is 13.6. The van der Waals surface area contributed by atoms with Crippen LogP contribution in [-0.4, -0.2) is 18.5 Å². The van der Waals surface area contributed by atoms with E-state index in [0.29, 0.717) is 12.1 Å². The van der Waals surface area contributed by atoms with E-state index in [9.17, 15) is 8.78 Å². The van der Waals surface area contributed by atoms with Gasteiger partial charge >= 0.3 is 0 Å². The molecule has 0 radical (unpaired) electrons. The summed E-state index contributed by atoms with van der Waals surface area (Å²) in [6.45, 7) is 19.6. The van der Waals surface area contributed by atoms with Crippen molar-refractivity contribution in [3.05, 3.63) is 103 Å². The molecule has 0 fully saturated rings. The second kappa shape index (κ2) is 10.8. The maximum atomic E-state index is 14.7. The van der Waals surface area contributed by atoms with Crippen molar-refractivity contribution in [2.75, 3.05) is 13.6 Å². The molecule has 1 nitrogen and oxygen atoms in total. The zero-order chi connectivity index (χ0) is 22.2. The smallest absolute Gasteiger partial charge is 0.129 e. The summed E-state index contributed by atoms with van der Waals surface area (Å²) < 4.78 is 28.1. The second-order valence-electron chi connectivity index (χ2n) is 7.67. The average Bonchev–Trinajstić information content (AvgIpc) is 2.67. The predicted molar refractivity (Wildman–Crippen MR) is 122 cm³/mol. The molecule has 0 saturated carbocycles. The summed E-state index contributed by atoms with van der Waals surface area (Å²) in [5.74, 6) is -1.08. The number of rotatable bonds is 7. The number of allylic oxidation sites excluding steroid dienone is 2. The van der Waals surface area contributed by atoms with Crippen molar-refractivity contribution in [1.29, 1.82) is 0 Å². The van der Waals surface area contributed by atoms with Gasteiger partial charge in [0, 0.05) is 25.1 Å². The summed E-state index contributed by atoms with van der Waals surface area (Å²) >= 11 is 0. The van der Waals surface area contributed by atoms with Crippen molar-refractivity contribution in [2.24, 2.45) is 0 Å². The minimum atomic E-state index is -0.566. The van der Waals surface area contributed by atoms with Gasteiger partial charge in [0.2, 0.25) is 0 Å². The van der Waals surface area contributed by atoms with E-state index in [4.69, 9.17) is 0 Å². The lowest BCUT2D eigenvalue weighted by Crippen LogP contribution is -2.39. The first kappa shape index (κ1) is 24.4. The molecular weight excluding hydrogens is 364 g/mol. The van der Waals surface area contributed by atoms with Crippen LogP contribution in [0.25, 0.3) is 5.57 Å². The van der Waals surface area contributed by atoms with Gasteiger partial charge in [-0.15, -0.1) is 6.58 Å². The number of nitrogens with zero attached hydrogens (tertiary/aromatic N) is 1. The van der Waals surface area contributed by atoms with Crippen LogP contribution in [0.4, 0.5) is 8.78 Å². The van der Waals surface area contributed by atoms with Crippen molar-refractivity contribution in [3.8, 4) is 0 Å². The van der Waals surface area contributed by atoms with E-state index < -0.39 is 17.0 Å². The van der Waals surface area contributed by atoms with E-state index in [2.05, 4.69) is 38.8 Å². The SMILES string of the molecule is C=CC.C=CN(C)CC(C)(c1ccc(F)cc1F)C(C)c1ccc(C(=C)C)cc1. The minimum absolute atomic E-state index is 0.00373. The molecule has 2 rings (SSSR count). The quantitative estimate of drug-likeness (QED) is 0.442. The van der Waals surface area contributed by atoms with E-state index >= 15 is 0 Å². The van der Waals surface area contributed by atoms with Crippen LogP contribution in [0.5, 0.6) is 0 Å². The molecule has 3 heteroatoms. The largest absolute Gasteiger partial charge is 0.380 e. The molecule has 0 bridgehead atoms. The number of benzene rings is 2. The van der Waals surface area contributed by atoms with Crippen molar-refractivity contribution < 1.29 is 8.78 Å². The van der Waals surface area contributed by atoms with Gasteiger partial charge < -0.3 is 4.90 Å². The third kappa shape index (κ3) is 6.15. The maximum absolute atomic E-state index is 14.7. The van der Waals surface area contributed by atoms with Crippen LogP contribution in [0.15, 0.2) is 74.5 Å². The zero-order valence-electron chi connectivity index (χ0n) is 18.3. The molecule has 2 aromatic carbocycles. The Kier molecular flexibility index (Phi) is 9.03. The molecule has 0 aliphatic heterocycles. The van der Waals surface area contributed by atoms with E-state index in [1.807, 2.05) is 44.9 Å². The van der Waals surface area contributed by atoms with E-state index in [1.54, 1.807) is 18.3 Å². The Morgan fingerprint density at radius 3 is 2.14 bits per heavy atom. The number of likely N-dealkylation sites (N-methyl/N-ethyl adjacent to an activating group) is 1. The van der Waals surface area contributed by atoms with Crippen molar-refractivity contribution >= 4 is 5.57 Å². The zero-order valence-corrected chi connectivity index (χ0v) is 18.3. The molecule has 0 amide bonds. The molecule has 0 aliphatic carbocycles. The molecule has 156 valence electrons. The molecule has 29 heavy (non-hydrogen) atoms. The molecule has 2 aromatic rings. The molecule has 2 atom stereocenters. The maximum Gasteiger partial charge on any atom is 0.129 e. The minimum Gasteiger partial charge on any atom is -0.380 e. The fourth-order valence-electron chi connectivity index (χ4n) is 3.41. The second-order valence-corrected chi connectivity index (χ2v) is 7.67. The lowest BCUT2D eigenvalue weighted by atomic mass is 9.69. The Morgan fingerprint density at radius 1 is 1.14 bits per heavy atom. The van der Waals surface area contributed by atoms with Gasteiger partial charge in [-0.2, -0.15) is 0 Å². The molecule has 0 spiro atoms. The van der Waals surface area contributed by atoms with Crippen LogP contribution >= 0.6 is 0 Å². The third-order valence-corrected chi connectivity index (χ3v) is 5.30. The standard InChI is InChI=1S/C23H27F2N.C3H6/c1-7-26(6)15-23(5,21-13-12-20(24)14-22(21)25)17(4)19-10-8-18(9-11-19)16(2)3;1-3-2/h7-14,17H,1-2,15H2,3-6H3;3H,1H2,2H3. The van der Waals surface area contributed by atoms with Crippen LogP contribution in [0.1, 0.15) is 50.3 Å². The van der Waals surface area contributed by atoms with Crippen molar-refractivity contribution in [1.82, 2.24) is 4.90 Å². The summed E-state index contributed by atoms with van der Waals surface area (Å²) in [7, 11) is 1.91. The Morgan fingerprint density at radius 2 is 1.69 bits per heavy atom. The van der Waals surface area contributed by atoms with Gasteiger partial charge in [0.15, 0.2) is 0 Å². The summed E-state index contributed by atoms with van der Waals surface area (Å²) in [6, 6.07) is 12.0. The van der Waals surface area contributed by atoms with Gasteiger partial charge in [0.05, 0.1) is 0 Å². The normalized spacial score (nSPS) is 13.3. The molecule has 0 heterocycles. The molecular formula is C26H33F2N. The monoisotopic (exact) mass is 397 g/mol. The lowest BCUT2D eigenvalue weighted by Gasteiger charge is -2.39. The summed E-state index contributed by atoms with van der Waals surface area (Å²) in [6.07, 6.45) is 3.47. The third-order valence-electron chi connectivity index (χ3n) is 5.30. The predicted octanol–water partition coefficient (Wildman–Crippen LogP) is 7.33. The molecule has 0 aliphatic rings. The Bertz CT molecular complexity index is 838. The van der Waals surface area contributed by atoms with Crippen LogP contribution in [0.2, 0.25) is 0 Å². The van der Waals surface area contributed by atoms with Crippen LogP contribution in [0, 0.1) is 11.6 Å². The van der Waals surface area contributed by atoms with Gasteiger partial charge in [-0.1, -0.05) is 69.0 Å². The molecule has 2 unspecified atom stereocenters. The molecule has 0 saturated heterocycles. The van der Waals surface area contributed by atoms with Gasteiger partial charge in [0.1, 0.15) is 11.6 Å². The van der Waals surface area contributed by atoms with E-state index in [-0.39, 0.29) is 5.92 Å². The highest BCUT2D eigenvalue weighted by atomic mass is 19.1. The van der Waals surface area contributed by atoms with E-state index in [0.717, 1.165) is 22.8 Å². The number of hydrogen-bond acceptors (Lipinski definition) is 1. The highest BCUT2D eigenvalue weighted by Crippen LogP contribution is 2.41. The van der Waals surface area contributed by atoms with Crippen LogP contribution in [-0.2, 0) is 5.41 Å². The topological polar surface area (TPSA) is 3.24 Å². The van der Waals surface area contributed by atoms with Crippen LogP contribution < -0.4 is 0 Å². The first-order valence-electron chi connectivity index (χ1n) is 9.71. The summed E-state index contributed by atoms with van der Waals surface area (Å²) in [5.41, 5.74) is 3.12. The van der Waals surface area contributed by atoms with Gasteiger partial charge in [-0.05, 0) is 48.7 Å². The molecule has 0 aromatic heterocycles. The highest BCUT2D eigenvalue weighted by molar-refractivity contribution is 5.61. The summed E-state index contributed by atoms with van der Waals surface area (Å²) in [4.78, 5) is 1.93. The van der Waals surface area contributed by atoms with E-state index in [1.165, 1.54) is 6.07 Å². The first-order valence-corrected chi connectivity index (χ1v) is 9.71. The van der Waals surface area contributed by atoms with Crippen LogP contribution in [0.3, 0.4) is 0 Å². The number of halogens is 2. The van der Waals surface area contributed by atoms with Gasteiger partial charge in [0.25, 0.3) is 0 Å². The fraction of sp³-hybridized carbons (Fsp3) is 0.308. The Labute approximate surface area is 175 Å². The summed E-state index contributed by atoms with van der Waals surface area (Å²) in [5, 5.41) is 0. The van der Waals surface area contributed by atoms with Gasteiger partial charge in [-0.3, -0.25) is 0 Å². The number of hydrogen-bond donors (Lipinski definition) is 0. The average molecular weight is 398 g/mol. The van der Waals surface area contributed by atoms with Crippen molar-refractivity contribution in [2.45, 2.75) is 39.0 Å². The van der Waals surface area contributed by atoms with Gasteiger partial charge in [-0.25, -0.2) is 8.78 Å². The highest BCUT2D eigenvalue weighted by Gasteiger charge is 2.37. The Balaban J connectivity index is 0.00000132. The Hall–Kier alpha value is -2.68. The van der Waals surface area contributed by atoms with Crippen molar-refractivity contribution in [3.63, 3.8) is 0 Å². The lowest BCUT2D eigenvalue weighted by molar-refractivity contribution is 0.279.